The number of hydrogen-bond acceptors (Lipinski definition) is 6. The van der Waals surface area contributed by atoms with Gasteiger partial charge in [-0.05, 0) is 35.9 Å². The van der Waals surface area contributed by atoms with Gasteiger partial charge in [0.15, 0.2) is 0 Å². The lowest BCUT2D eigenvalue weighted by atomic mass is 10.2. The van der Waals surface area contributed by atoms with E-state index in [0.717, 1.165) is 5.56 Å². The van der Waals surface area contributed by atoms with E-state index in [1.165, 1.54) is 6.33 Å². The third kappa shape index (κ3) is 4.19. The minimum Gasteiger partial charge on any atom is -0.360 e. The number of hydrogen-bond donors (Lipinski definition) is 2. The van der Waals surface area contributed by atoms with Crippen LogP contribution < -0.4 is 10.6 Å². The molecule has 9 heteroatoms. The maximum Gasteiger partial charge on any atom is 0.353 e. The van der Waals surface area contributed by atoms with Crippen LogP contribution in [-0.2, 0) is 6.54 Å². The van der Waals surface area contributed by atoms with Crippen LogP contribution in [-0.4, -0.2) is 14.9 Å². The van der Waals surface area contributed by atoms with Gasteiger partial charge >= 0.3 is 5.69 Å². The summed E-state index contributed by atoms with van der Waals surface area (Å²) in [5.41, 5.74) is 1.16. The first kappa shape index (κ1) is 17.9. The molecule has 0 fully saturated rings. The van der Waals surface area contributed by atoms with Gasteiger partial charge in [-0.15, -0.1) is 0 Å². The van der Waals surface area contributed by atoms with Crippen LogP contribution >= 0.6 is 23.2 Å². The predicted molar refractivity (Wildman–Crippen MR) is 102 cm³/mol. The molecule has 1 heterocycles. The summed E-state index contributed by atoms with van der Waals surface area (Å²) in [7, 11) is 0. The van der Waals surface area contributed by atoms with Crippen molar-refractivity contribution in [3.63, 3.8) is 0 Å². The molecular weight excluding hydrogens is 377 g/mol. The van der Waals surface area contributed by atoms with E-state index in [1.807, 2.05) is 18.2 Å². The van der Waals surface area contributed by atoms with Gasteiger partial charge in [0.1, 0.15) is 6.33 Å². The van der Waals surface area contributed by atoms with Crippen molar-refractivity contribution in [2.24, 2.45) is 0 Å². The Kier molecular flexibility index (Phi) is 5.50. The Balaban J connectivity index is 1.87. The lowest BCUT2D eigenvalue weighted by molar-refractivity contribution is -0.383. The summed E-state index contributed by atoms with van der Waals surface area (Å²) in [6, 6.07) is 14.0. The molecule has 0 radical (unpaired) electrons. The van der Waals surface area contributed by atoms with Gasteiger partial charge in [0.25, 0.3) is 0 Å². The Hall–Kier alpha value is -2.90. The van der Waals surface area contributed by atoms with Gasteiger partial charge in [0, 0.05) is 22.3 Å². The van der Waals surface area contributed by atoms with Crippen LogP contribution in [0.5, 0.6) is 0 Å². The van der Waals surface area contributed by atoms with Crippen LogP contribution in [0.1, 0.15) is 5.56 Å². The number of aromatic nitrogens is 2. The normalized spacial score (nSPS) is 10.4. The van der Waals surface area contributed by atoms with E-state index in [2.05, 4.69) is 20.6 Å². The van der Waals surface area contributed by atoms with E-state index in [-0.39, 0.29) is 23.9 Å². The van der Waals surface area contributed by atoms with E-state index in [1.54, 1.807) is 30.3 Å². The summed E-state index contributed by atoms with van der Waals surface area (Å²) in [5.74, 6) is 0.176. The SMILES string of the molecule is O=[N+]([O-])c1c(NCc2ccccc2Cl)ncnc1Nc1ccc(Cl)cc1. The highest BCUT2D eigenvalue weighted by molar-refractivity contribution is 6.31. The molecule has 3 aromatic rings. The van der Waals surface area contributed by atoms with Crippen molar-refractivity contribution in [1.82, 2.24) is 9.97 Å². The third-order valence-electron chi connectivity index (χ3n) is 3.52. The van der Waals surface area contributed by atoms with Crippen molar-refractivity contribution in [2.45, 2.75) is 6.54 Å². The number of rotatable bonds is 6. The zero-order chi connectivity index (χ0) is 18.5. The van der Waals surface area contributed by atoms with Crippen LogP contribution in [0.4, 0.5) is 23.0 Å². The fourth-order valence-electron chi connectivity index (χ4n) is 2.26. The number of anilines is 3. The second kappa shape index (κ2) is 7.99. The predicted octanol–water partition coefficient (Wildman–Crippen LogP) is 5.05. The lowest BCUT2D eigenvalue weighted by Crippen LogP contribution is -2.08. The Labute approximate surface area is 159 Å². The van der Waals surface area contributed by atoms with E-state index < -0.39 is 4.92 Å². The Bertz CT molecular complexity index is 935. The maximum absolute atomic E-state index is 11.6. The van der Waals surface area contributed by atoms with Crippen molar-refractivity contribution < 1.29 is 4.92 Å². The van der Waals surface area contributed by atoms with Gasteiger partial charge in [-0.3, -0.25) is 10.1 Å². The zero-order valence-electron chi connectivity index (χ0n) is 13.3. The van der Waals surface area contributed by atoms with Gasteiger partial charge in [-0.2, -0.15) is 0 Å². The van der Waals surface area contributed by atoms with Crippen molar-refractivity contribution in [3.05, 3.63) is 80.6 Å². The summed E-state index contributed by atoms with van der Waals surface area (Å²) in [6.45, 7) is 0.290. The van der Waals surface area contributed by atoms with Crippen molar-refractivity contribution >= 4 is 46.2 Å². The topological polar surface area (TPSA) is 93.0 Å². The van der Waals surface area contributed by atoms with Crippen LogP contribution in [0.2, 0.25) is 10.0 Å². The van der Waals surface area contributed by atoms with Crippen molar-refractivity contribution in [1.29, 1.82) is 0 Å². The fraction of sp³-hybridized carbons (Fsp3) is 0.0588. The number of benzene rings is 2. The second-order valence-corrected chi connectivity index (χ2v) is 6.10. The van der Waals surface area contributed by atoms with Gasteiger partial charge < -0.3 is 10.6 Å². The Morgan fingerprint density at radius 1 is 1.00 bits per heavy atom. The molecule has 7 nitrogen and oxygen atoms in total. The van der Waals surface area contributed by atoms with Crippen LogP contribution in [0, 0.1) is 10.1 Å². The molecule has 2 aromatic carbocycles. The van der Waals surface area contributed by atoms with Gasteiger partial charge in [0.05, 0.1) is 4.92 Å². The number of nitro groups is 1. The van der Waals surface area contributed by atoms with Gasteiger partial charge in [-0.25, -0.2) is 9.97 Å². The molecule has 132 valence electrons. The highest BCUT2D eigenvalue weighted by Gasteiger charge is 2.23. The van der Waals surface area contributed by atoms with E-state index in [0.29, 0.717) is 15.7 Å². The quantitative estimate of drug-likeness (QED) is 0.452. The number of halogens is 2. The number of nitrogens with one attached hydrogen (secondary N) is 2. The average Bonchev–Trinajstić information content (AvgIpc) is 2.63. The molecule has 26 heavy (non-hydrogen) atoms. The first-order chi connectivity index (χ1) is 12.5. The Morgan fingerprint density at radius 3 is 2.38 bits per heavy atom. The monoisotopic (exact) mass is 389 g/mol. The molecule has 0 saturated carbocycles. The fourth-order valence-corrected chi connectivity index (χ4v) is 2.59. The summed E-state index contributed by atoms with van der Waals surface area (Å²) < 4.78 is 0. The molecule has 0 saturated heterocycles. The molecule has 0 unspecified atom stereocenters. The molecule has 0 spiro atoms. The summed E-state index contributed by atoms with van der Waals surface area (Å²) in [5, 5.41) is 18.6. The van der Waals surface area contributed by atoms with E-state index in [4.69, 9.17) is 23.2 Å². The summed E-state index contributed by atoms with van der Waals surface area (Å²) in [6.07, 6.45) is 1.25. The van der Waals surface area contributed by atoms with E-state index in [9.17, 15) is 10.1 Å². The maximum atomic E-state index is 11.6. The molecule has 0 atom stereocenters. The minimum atomic E-state index is -0.535. The molecule has 0 bridgehead atoms. The van der Waals surface area contributed by atoms with Crippen LogP contribution in [0.3, 0.4) is 0 Å². The van der Waals surface area contributed by atoms with Gasteiger partial charge in [0.2, 0.25) is 11.6 Å². The molecule has 2 N–H and O–H groups in total. The van der Waals surface area contributed by atoms with Crippen LogP contribution in [0.25, 0.3) is 0 Å². The van der Waals surface area contributed by atoms with Crippen molar-refractivity contribution in [2.75, 3.05) is 10.6 Å². The minimum absolute atomic E-state index is 0.0778. The average molecular weight is 390 g/mol. The Morgan fingerprint density at radius 2 is 1.69 bits per heavy atom. The summed E-state index contributed by atoms with van der Waals surface area (Å²) in [4.78, 5) is 19.0. The first-order valence-electron chi connectivity index (χ1n) is 7.54. The standard InChI is InChI=1S/C17H13Cl2N5O2/c18-12-5-7-13(8-6-12)23-17-15(24(25)26)16(21-10-22-17)20-9-11-3-1-2-4-14(11)19/h1-8,10H,9H2,(H2,20,21,22,23). The molecule has 0 aliphatic carbocycles. The van der Waals surface area contributed by atoms with Crippen molar-refractivity contribution in [3.8, 4) is 0 Å². The lowest BCUT2D eigenvalue weighted by Gasteiger charge is -2.11. The largest absolute Gasteiger partial charge is 0.360 e. The highest BCUT2D eigenvalue weighted by Crippen LogP contribution is 2.32. The molecule has 1 aromatic heterocycles. The molecule has 3 rings (SSSR count). The third-order valence-corrected chi connectivity index (χ3v) is 4.14. The zero-order valence-corrected chi connectivity index (χ0v) is 14.8. The second-order valence-electron chi connectivity index (χ2n) is 5.25. The molecule has 0 aliphatic rings. The first-order valence-corrected chi connectivity index (χ1v) is 8.29. The molecular formula is C17H13Cl2N5O2. The smallest absolute Gasteiger partial charge is 0.353 e. The van der Waals surface area contributed by atoms with E-state index >= 15 is 0 Å². The molecule has 0 amide bonds. The van der Waals surface area contributed by atoms with Gasteiger partial charge in [-0.1, -0.05) is 41.4 Å². The van der Waals surface area contributed by atoms with Crippen LogP contribution in [0.15, 0.2) is 54.9 Å². The summed E-state index contributed by atoms with van der Waals surface area (Å²) >= 11 is 12.0. The number of nitrogens with zero attached hydrogens (tertiary/aromatic N) is 3. The highest BCUT2D eigenvalue weighted by atomic mass is 35.5. The molecule has 0 aliphatic heterocycles.